The number of nitrogens with one attached hydrogen (secondary N) is 2. The summed E-state index contributed by atoms with van der Waals surface area (Å²) in [7, 11) is 3.10. The number of carbonyl (C=O) groups excluding carboxylic acids is 2. The number of carbonyl (C=O) groups is 2. The summed E-state index contributed by atoms with van der Waals surface area (Å²) < 4.78 is 10.4. The minimum absolute atomic E-state index is 0.00740. The van der Waals surface area contributed by atoms with E-state index >= 15 is 0 Å². The van der Waals surface area contributed by atoms with Gasteiger partial charge in [0.15, 0.2) is 5.78 Å². The van der Waals surface area contributed by atoms with E-state index in [9.17, 15) is 9.59 Å². The molecular weight excluding hydrogens is 320 g/mol. The first-order valence-electron chi connectivity index (χ1n) is 7.90. The van der Waals surface area contributed by atoms with Crippen molar-refractivity contribution >= 4 is 23.1 Å². The number of methoxy groups -OCH3 is 2. The van der Waals surface area contributed by atoms with E-state index in [1.807, 2.05) is 6.07 Å². The minimum Gasteiger partial charge on any atom is -0.497 e. The smallest absolute Gasteiger partial charge is 0.226 e. The molecule has 1 amide bonds. The van der Waals surface area contributed by atoms with Crippen molar-refractivity contribution in [3.8, 4) is 11.5 Å². The number of benzene rings is 2. The summed E-state index contributed by atoms with van der Waals surface area (Å²) in [6.07, 6.45) is 0.277. The van der Waals surface area contributed by atoms with E-state index in [4.69, 9.17) is 9.47 Å². The number of Topliss-reactive ketones (excluding diaryl/α,β-unsaturated/α-hetero) is 1. The highest BCUT2D eigenvalue weighted by Gasteiger charge is 2.09. The van der Waals surface area contributed by atoms with Crippen LogP contribution in [0.5, 0.6) is 11.5 Å². The maximum absolute atomic E-state index is 12.1. The van der Waals surface area contributed by atoms with Crippen LogP contribution < -0.4 is 20.1 Å². The zero-order chi connectivity index (χ0) is 18.2. The lowest BCUT2D eigenvalue weighted by Crippen LogP contribution is -2.16. The molecule has 0 aliphatic rings. The lowest BCUT2D eigenvalue weighted by molar-refractivity contribution is -0.116. The molecule has 0 saturated heterocycles. The van der Waals surface area contributed by atoms with Gasteiger partial charge in [0.2, 0.25) is 5.91 Å². The Hall–Kier alpha value is -3.02. The van der Waals surface area contributed by atoms with Gasteiger partial charge in [0.05, 0.1) is 19.9 Å². The van der Waals surface area contributed by atoms with Gasteiger partial charge in [-0.15, -0.1) is 0 Å². The van der Waals surface area contributed by atoms with Gasteiger partial charge in [0.1, 0.15) is 11.5 Å². The SMILES string of the molecule is COc1ccc(NC(=O)CCNc2cccc(C(C)=O)c2)c(OC)c1. The number of amides is 1. The number of ketones is 1. The summed E-state index contributed by atoms with van der Waals surface area (Å²) in [5.74, 6) is 1.06. The van der Waals surface area contributed by atoms with Crippen LogP contribution in [-0.4, -0.2) is 32.5 Å². The standard InChI is InChI=1S/C19H22N2O4/c1-13(22)14-5-4-6-15(11-14)20-10-9-19(23)21-17-8-7-16(24-2)12-18(17)25-3/h4-8,11-12,20H,9-10H2,1-3H3,(H,21,23). The van der Waals surface area contributed by atoms with Crippen LogP contribution in [-0.2, 0) is 4.79 Å². The van der Waals surface area contributed by atoms with Crippen molar-refractivity contribution in [2.45, 2.75) is 13.3 Å². The van der Waals surface area contributed by atoms with Gasteiger partial charge in [-0.05, 0) is 31.2 Å². The molecule has 0 saturated carbocycles. The van der Waals surface area contributed by atoms with E-state index in [1.54, 1.807) is 43.5 Å². The van der Waals surface area contributed by atoms with Crippen LogP contribution in [0.15, 0.2) is 42.5 Å². The third-order valence-electron chi connectivity index (χ3n) is 3.63. The maximum atomic E-state index is 12.1. The van der Waals surface area contributed by atoms with Crippen molar-refractivity contribution < 1.29 is 19.1 Å². The van der Waals surface area contributed by atoms with Crippen molar-refractivity contribution in [2.24, 2.45) is 0 Å². The van der Waals surface area contributed by atoms with E-state index in [1.165, 1.54) is 14.0 Å². The van der Waals surface area contributed by atoms with Gasteiger partial charge >= 0.3 is 0 Å². The lowest BCUT2D eigenvalue weighted by atomic mass is 10.1. The van der Waals surface area contributed by atoms with Gasteiger partial charge in [-0.2, -0.15) is 0 Å². The molecule has 0 aromatic heterocycles. The largest absolute Gasteiger partial charge is 0.497 e. The Balaban J connectivity index is 1.89. The minimum atomic E-state index is -0.140. The number of anilines is 2. The van der Waals surface area contributed by atoms with Crippen molar-refractivity contribution in [3.63, 3.8) is 0 Å². The van der Waals surface area contributed by atoms with Crippen LogP contribution >= 0.6 is 0 Å². The van der Waals surface area contributed by atoms with Crippen molar-refractivity contribution in [1.82, 2.24) is 0 Å². The molecule has 2 rings (SSSR count). The first-order valence-corrected chi connectivity index (χ1v) is 7.90. The molecule has 0 bridgehead atoms. The Kier molecular flexibility index (Phi) is 6.39. The zero-order valence-corrected chi connectivity index (χ0v) is 14.6. The van der Waals surface area contributed by atoms with Crippen LogP contribution in [0.1, 0.15) is 23.7 Å². The third kappa shape index (κ3) is 5.24. The molecule has 0 unspecified atom stereocenters. The predicted octanol–water partition coefficient (Wildman–Crippen LogP) is 3.35. The highest BCUT2D eigenvalue weighted by molar-refractivity contribution is 5.95. The first-order chi connectivity index (χ1) is 12.0. The molecule has 6 nitrogen and oxygen atoms in total. The molecule has 25 heavy (non-hydrogen) atoms. The maximum Gasteiger partial charge on any atom is 0.226 e. The molecule has 2 N–H and O–H groups in total. The van der Waals surface area contributed by atoms with Crippen molar-refractivity contribution in [2.75, 3.05) is 31.4 Å². The molecule has 0 heterocycles. The quantitative estimate of drug-likeness (QED) is 0.720. The van der Waals surface area contributed by atoms with Crippen LogP contribution in [0.4, 0.5) is 11.4 Å². The Morgan fingerprint density at radius 2 is 1.84 bits per heavy atom. The number of rotatable bonds is 8. The topological polar surface area (TPSA) is 76.7 Å². The van der Waals surface area contributed by atoms with Gasteiger partial charge in [-0.3, -0.25) is 9.59 Å². The average Bonchev–Trinajstić information content (AvgIpc) is 2.62. The van der Waals surface area contributed by atoms with Crippen LogP contribution in [0.25, 0.3) is 0 Å². The molecule has 6 heteroatoms. The molecule has 0 aliphatic carbocycles. The molecule has 2 aromatic rings. The number of ether oxygens (including phenoxy) is 2. The van der Waals surface area contributed by atoms with Gasteiger partial charge in [-0.25, -0.2) is 0 Å². The fraction of sp³-hybridized carbons (Fsp3) is 0.263. The molecule has 132 valence electrons. The van der Waals surface area contributed by atoms with E-state index in [0.717, 1.165) is 5.69 Å². The number of hydrogen-bond acceptors (Lipinski definition) is 5. The Labute approximate surface area is 147 Å². The molecule has 0 aliphatic heterocycles. The third-order valence-corrected chi connectivity index (χ3v) is 3.63. The summed E-state index contributed by atoms with van der Waals surface area (Å²) in [6.45, 7) is 1.97. The summed E-state index contributed by atoms with van der Waals surface area (Å²) in [4.78, 5) is 23.5. The van der Waals surface area contributed by atoms with Crippen molar-refractivity contribution in [1.29, 1.82) is 0 Å². The Bertz CT molecular complexity index is 759. The van der Waals surface area contributed by atoms with E-state index < -0.39 is 0 Å². The molecular formula is C19H22N2O4. The summed E-state index contributed by atoms with van der Waals surface area (Å²) in [6, 6.07) is 12.4. The normalized spacial score (nSPS) is 10.0. The molecule has 0 fully saturated rings. The van der Waals surface area contributed by atoms with E-state index in [0.29, 0.717) is 29.3 Å². The fourth-order valence-corrected chi connectivity index (χ4v) is 2.28. The summed E-state index contributed by atoms with van der Waals surface area (Å²) in [5, 5.41) is 5.95. The highest BCUT2D eigenvalue weighted by Crippen LogP contribution is 2.29. The van der Waals surface area contributed by atoms with Gasteiger partial charge < -0.3 is 20.1 Å². The summed E-state index contributed by atoms with van der Waals surface area (Å²) >= 11 is 0. The number of hydrogen-bond donors (Lipinski definition) is 2. The van der Waals surface area contributed by atoms with Gasteiger partial charge in [-0.1, -0.05) is 12.1 Å². The molecule has 0 spiro atoms. The average molecular weight is 342 g/mol. The molecule has 0 atom stereocenters. The zero-order valence-electron chi connectivity index (χ0n) is 14.6. The summed E-state index contributed by atoms with van der Waals surface area (Å²) in [5.41, 5.74) is 2.03. The van der Waals surface area contributed by atoms with Gasteiger partial charge in [0, 0.05) is 30.3 Å². The van der Waals surface area contributed by atoms with Crippen LogP contribution in [0, 0.1) is 0 Å². The molecule has 0 radical (unpaired) electrons. The van der Waals surface area contributed by atoms with Crippen LogP contribution in [0.2, 0.25) is 0 Å². The van der Waals surface area contributed by atoms with Crippen molar-refractivity contribution in [3.05, 3.63) is 48.0 Å². The Morgan fingerprint density at radius 3 is 2.52 bits per heavy atom. The lowest BCUT2D eigenvalue weighted by Gasteiger charge is -2.12. The second kappa shape index (κ2) is 8.73. The molecule has 2 aromatic carbocycles. The Morgan fingerprint density at radius 1 is 1.04 bits per heavy atom. The first kappa shape index (κ1) is 18.3. The highest BCUT2D eigenvalue weighted by atomic mass is 16.5. The fourth-order valence-electron chi connectivity index (χ4n) is 2.28. The predicted molar refractivity (Wildman–Crippen MR) is 97.7 cm³/mol. The van der Waals surface area contributed by atoms with Crippen LogP contribution in [0.3, 0.4) is 0 Å². The second-order valence-corrected chi connectivity index (χ2v) is 5.43. The van der Waals surface area contributed by atoms with Gasteiger partial charge in [0.25, 0.3) is 0 Å². The second-order valence-electron chi connectivity index (χ2n) is 5.43. The van der Waals surface area contributed by atoms with E-state index in [-0.39, 0.29) is 18.1 Å². The van der Waals surface area contributed by atoms with E-state index in [2.05, 4.69) is 10.6 Å². The monoisotopic (exact) mass is 342 g/mol.